The number of nitrogens with two attached hydrogens (primary N) is 1. The maximum atomic E-state index is 12.2. The van der Waals surface area contributed by atoms with E-state index in [1.54, 1.807) is 12.1 Å². The summed E-state index contributed by atoms with van der Waals surface area (Å²) in [7, 11) is -4.02. The number of hydrogen-bond acceptors (Lipinski definition) is 5. The molecular weight excluding hydrogens is 308 g/mol. The maximum Gasteiger partial charge on any atom is 0.241 e. The van der Waals surface area contributed by atoms with Gasteiger partial charge in [-0.15, -0.1) is 0 Å². The molecule has 0 unspecified atom stereocenters. The zero-order valence-corrected chi connectivity index (χ0v) is 13.2. The molecule has 0 aliphatic carbocycles. The summed E-state index contributed by atoms with van der Waals surface area (Å²) in [5.74, 6) is -2.08. The second-order valence-corrected chi connectivity index (χ2v) is 6.94. The molecule has 122 valence electrons. The van der Waals surface area contributed by atoms with E-state index in [-0.39, 0.29) is 23.7 Å². The molecule has 1 rings (SSSR count). The van der Waals surface area contributed by atoms with Crippen molar-refractivity contribution in [2.24, 2.45) is 5.73 Å². The van der Waals surface area contributed by atoms with Crippen LogP contribution in [0.25, 0.3) is 0 Å². The van der Waals surface area contributed by atoms with Crippen LogP contribution >= 0.6 is 0 Å². The van der Waals surface area contributed by atoms with Crippen LogP contribution in [-0.4, -0.2) is 26.3 Å². The van der Waals surface area contributed by atoms with Gasteiger partial charge in [-0.1, -0.05) is 26.0 Å². The van der Waals surface area contributed by atoms with E-state index in [0.29, 0.717) is 0 Å². The van der Waals surface area contributed by atoms with E-state index >= 15 is 0 Å². The normalized spacial score (nSPS) is 13.0. The first-order valence-electron chi connectivity index (χ1n) is 6.75. The Morgan fingerprint density at radius 3 is 2.18 bits per heavy atom. The summed E-state index contributed by atoms with van der Waals surface area (Å²) in [5, 5.41) is 11.0. The summed E-state index contributed by atoms with van der Waals surface area (Å²) in [4.78, 5) is 21.6. The second kappa shape index (κ2) is 7.37. The lowest BCUT2D eigenvalue weighted by Crippen LogP contribution is -2.48. The Hall–Kier alpha value is -1.93. The Kier molecular flexibility index (Phi) is 6.07. The molecule has 1 aromatic carbocycles. The number of primary amides is 1. The summed E-state index contributed by atoms with van der Waals surface area (Å²) in [6, 6.07) is 4.62. The molecule has 0 aliphatic heterocycles. The summed E-state index contributed by atoms with van der Waals surface area (Å²) in [6.07, 6.45) is -0.519. The van der Waals surface area contributed by atoms with Gasteiger partial charge in [-0.2, -0.15) is 0 Å². The van der Waals surface area contributed by atoms with Crippen molar-refractivity contribution in [3.8, 4) is 0 Å². The monoisotopic (exact) mass is 327 g/mol. The Labute approximate surface area is 129 Å². The molecule has 0 heterocycles. The molecule has 3 N–H and O–H groups in total. The van der Waals surface area contributed by atoms with Gasteiger partial charge >= 0.3 is 0 Å². The molecule has 1 atom stereocenters. The van der Waals surface area contributed by atoms with E-state index < -0.39 is 27.9 Å². The SMILES string of the molecule is CC(C)c1ccc(S(=O)(=O)N[C@@H](CCC(N)=O)C(=O)[O-])cc1. The number of rotatable bonds is 8. The molecule has 0 aromatic heterocycles. The molecule has 0 aliphatic rings. The average Bonchev–Trinajstić information content (AvgIpc) is 2.43. The third-order valence-electron chi connectivity index (χ3n) is 3.12. The second-order valence-electron chi connectivity index (χ2n) is 5.22. The van der Waals surface area contributed by atoms with Crippen molar-refractivity contribution < 1.29 is 23.1 Å². The number of benzene rings is 1. The van der Waals surface area contributed by atoms with Gasteiger partial charge in [0.1, 0.15) is 0 Å². The van der Waals surface area contributed by atoms with E-state index in [0.717, 1.165) is 5.56 Å². The zero-order valence-electron chi connectivity index (χ0n) is 12.4. The van der Waals surface area contributed by atoms with E-state index in [4.69, 9.17) is 5.73 Å². The van der Waals surface area contributed by atoms with Gasteiger partial charge in [0.2, 0.25) is 15.9 Å². The Balaban J connectivity index is 2.92. The van der Waals surface area contributed by atoms with Gasteiger partial charge in [0, 0.05) is 6.42 Å². The molecule has 0 spiro atoms. The molecule has 0 saturated heterocycles. The summed E-state index contributed by atoms with van der Waals surface area (Å²) >= 11 is 0. The fourth-order valence-corrected chi connectivity index (χ4v) is 3.02. The number of carbonyl (C=O) groups is 2. The van der Waals surface area contributed by atoms with Crippen LogP contribution in [0.3, 0.4) is 0 Å². The van der Waals surface area contributed by atoms with Crippen LogP contribution in [-0.2, 0) is 19.6 Å². The van der Waals surface area contributed by atoms with Crippen molar-refractivity contribution in [3.05, 3.63) is 29.8 Å². The standard InChI is InChI=1S/C14H20N2O5S/c1-9(2)10-3-5-11(6-4-10)22(20,21)16-12(14(18)19)7-8-13(15)17/h3-6,9,12,16H,7-8H2,1-2H3,(H2,15,17)(H,18,19)/p-1/t12-/m0/s1. The molecular formula is C14H19N2O5S-. The summed E-state index contributed by atoms with van der Waals surface area (Å²) in [5.41, 5.74) is 5.89. The summed E-state index contributed by atoms with van der Waals surface area (Å²) in [6.45, 7) is 3.94. The summed E-state index contributed by atoms with van der Waals surface area (Å²) < 4.78 is 26.3. The molecule has 8 heteroatoms. The van der Waals surface area contributed by atoms with Crippen LogP contribution in [0.5, 0.6) is 0 Å². The number of carboxylic acid groups (broad SMARTS) is 1. The van der Waals surface area contributed by atoms with Crippen LogP contribution in [0.4, 0.5) is 0 Å². The van der Waals surface area contributed by atoms with E-state index in [1.165, 1.54) is 12.1 Å². The van der Waals surface area contributed by atoms with Crippen molar-refractivity contribution in [1.29, 1.82) is 0 Å². The molecule has 22 heavy (non-hydrogen) atoms. The molecule has 0 fully saturated rings. The van der Waals surface area contributed by atoms with Gasteiger partial charge in [-0.25, -0.2) is 13.1 Å². The first-order chi connectivity index (χ1) is 10.1. The molecule has 0 radical (unpaired) electrons. The fourth-order valence-electron chi connectivity index (χ4n) is 1.80. The highest BCUT2D eigenvalue weighted by atomic mass is 32.2. The van der Waals surface area contributed by atoms with Crippen molar-refractivity contribution in [2.45, 2.75) is 43.5 Å². The number of hydrogen-bond donors (Lipinski definition) is 2. The highest BCUT2D eigenvalue weighted by Crippen LogP contribution is 2.17. The first-order valence-corrected chi connectivity index (χ1v) is 8.23. The van der Waals surface area contributed by atoms with Crippen molar-refractivity contribution >= 4 is 21.9 Å². The minimum atomic E-state index is -4.02. The maximum absolute atomic E-state index is 12.2. The topological polar surface area (TPSA) is 129 Å². The number of amides is 1. The van der Waals surface area contributed by atoms with Gasteiger partial charge in [-0.05, 0) is 30.0 Å². The van der Waals surface area contributed by atoms with E-state index in [2.05, 4.69) is 0 Å². The van der Waals surface area contributed by atoms with Crippen molar-refractivity contribution in [2.75, 3.05) is 0 Å². The van der Waals surface area contributed by atoms with Gasteiger partial charge in [0.25, 0.3) is 0 Å². The van der Waals surface area contributed by atoms with Crippen LogP contribution in [0, 0.1) is 0 Å². The quantitative estimate of drug-likeness (QED) is 0.663. The minimum absolute atomic E-state index is 0.0535. The fraction of sp³-hybridized carbons (Fsp3) is 0.429. The van der Waals surface area contributed by atoms with Gasteiger partial charge < -0.3 is 15.6 Å². The predicted octanol–water partition coefficient (Wildman–Crippen LogP) is -0.528. The highest BCUT2D eigenvalue weighted by molar-refractivity contribution is 7.89. The number of carbonyl (C=O) groups excluding carboxylic acids is 2. The lowest BCUT2D eigenvalue weighted by atomic mass is 10.0. The van der Waals surface area contributed by atoms with Gasteiger partial charge in [0.05, 0.1) is 16.9 Å². The third kappa shape index (κ3) is 5.12. The van der Waals surface area contributed by atoms with Gasteiger partial charge in [0.15, 0.2) is 0 Å². The average molecular weight is 327 g/mol. The zero-order chi connectivity index (χ0) is 16.9. The smallest absolute Gasteiger partial charge is 0.241 e. The Morgan fingerprint density at radius 1 is 1.23 bits per heavy atom. The first kappa shape index (κ1) is 18.1. The van der Waals surface area contributed by atoms with Crippen LogP contribution in [0.2, 0.25) is 0 Å². The largest absolute Gasteiger partial charge is 0.548 e. The third-order valence-corrected chi connectivity index (χ3v) is 4.61. The lowest BCUT2D eigenvalue weighted by molar-refractivity contribution is -0.308. The number of nitrogens with one attached hydrogen (secondary N) is 1. The molecule has 0 saturated carbocycles. The van der Waals surface area contributed by atoms with E-state index in [1.807, 2.05) is 18.6 Å². The molecule has 1 amide bonds. The van der Waals surface area contributed by atoms with Crippen molar-refractivity contribution in [1.82, 2.24) is 4.72 Å². The molecule has 0 bridgehead atoms. The van der Waals surface area contributed by atoms with Crippen molar-refractivity contribution in [3.63, 3.8) is 0 Å². The number of carboxylic acids is 1. The number of sulfonamides is 1. The van der Waals surface area contributed by atoms with Crippen LogP contribution in [0.1, 0.15) is 38.2 Å². The predicted molar refractivity (Wildman–Crippen MR) is 78.1 cm³/mol. The van der Waals surface area contributed by atoms with E-state index in [9.17, 15) is 23.1 Å². The number of aliphatic carboxylic acids is 1. The van der Waals surface area contributed by atoms with Crippen LogP contribution in [0.15, 0.2) is 29.2 Å². The lowest BCUT2D eigenvalue weighted by Gasteiger charge is -2.19. The molecule has 7 nitrogen and oxygen atoms in total. The Bertz CT molecular complexity index is 638. The highest BCUT2D eigenvalue weighted by Gasteiger charge is 2.21. The Morgan fingerprint density at radius 2 is 1.77 bits per heavy atom. The van der Waals surface area contributed by atoms with Crippen LogP contribution < -0.4 is 15.6 Å². The molecule has 1 aromatic rings. The van der Waals surface area contributed by atoms with Gasteiger partial charge in [-0.3, -0.25) is 4.79 Å². The minimum Gasteiger partial charge on any atom is -0.548 e.